The molecule has 0 amide bonds. The fraction of sp³-hybridized carbons (Fsp3) is 0.462. The summed E-state index contributed by atoms with van der Waals surface area (Å²) in [4.78, 5) is 25.9. The molecule has 3 aliphatic rings. The van der Waals surface area contributed by atoms with Crippen molar-refractivity contribution in [2.75, 3.05) is 13.2 Å². The van der Waals surface area contributed by atoms with Gasteiger partial charge in [-0.25, -0.2) is 0 Å². The fourth-order valence-corrected chi connectivity index (χ4v) is 6.08. The number of rotatable bonds is 3. The number of hydrogen-bond acceptors (Lipinski definition) is 4. The molecule has 0 spiro atoms. The summed E-state index contributed by atoms with van der Waals surface area (Å²) in [6, 6.07) is 4.28. The lowest BCUT2D eigenvalue weighted by Gasteiger charge is -2.31. The van der Waals surface area contributed by atoms with Gasteiger partial charge in [-0.1, -0.05) is 12.1 Å². The van der Waals surface area contributed by atoms with E-state index in [1.807, 2.05) is 6.92 Å². The highest BCUT2D eigenvalue weighted by Crippen LogP contribution is 2.45. The molecular formula is C26H28O4. The first-order valence-corrected chi connectivity index (χ1v) is 11.0. The number of ketones is 2. The molecule has 2 aliphatic carbocycles. The third-order valence-electron chi connectivity index (χ3n) is 7.45. The maximum absolute atomic E-state index is 13.6. The summed E-state index contributed by atoms with van der Waals surface area (Å²) in [5, 5.41) is 9.44. The van der Waals surface area contributed by atoms with Gasteiger partial charge >= 0.3 is 0 Å². The van der Waals surface area contributed by atoms with Crippen molar-refractivity contribution in [3.63, 3.8) is 0 Å². The molecule has 156 valence electrons. The van der Waals surface area contributed by atoms with Crippen LogP contribution in [0.1, 0.15) is 77.7 Å². The van der Waals surface area contributed by atoms with Crippen LogP contribution in [0.2, 0.25) is 0 Å². The van der Waals surface area contributed by atoms with Crippen LogP contribution in [0.4, 0.5) is 0 Å². The molecule has 30 heavy (non-hydrogen) atoms. The zero-order valence-corrected chi connectivity index (χ0v) is 17.9. The van der Waals surface area contributed by atoms with E-state index >= 15 is 0 Å². The van der Waals surface area contributed by atoms with Crippen molar-refractivity contribution in [3.8, 4) is 0 Å². The average molecular weight is 405 g/mol. The first kappa shape index (κ1) is 19.7. The first-order chi connectivity index (χ1) is 14.4. The van der Waals surface area contributed by atoms with Crippen LogP contribution < -0.4 is 0 Å². The van der Waals surface area contributed by atoms with Crippen LogP contribution in [0, 0.1) is 26.7 Å². The minimum Gasteiger partial charge on any atom is -0.396 e. The molecule has 0 aromatic heterocycles. The third kappa shape index (κ3) is 2.74. The van der Waals surface area contributed by atoms with Crippen LogP contribution in [-0.4, -0.2) is 29.9 Å². The van der Waals surface area contributed by atoms with Gasteiger partial charge in [-0.15, -0.1) is 0 Å². The van der Waals surface area contributed by atoms with Crippen LogP contribution in [-0.2, 0) is 30.4 Å². The Morgan fingerprint density at radius 1 is 1.00 bits per heavy atom. The summed E-state index contributed by atoms with van der Waals surface area (Å²) < 4.78 is 6.23. The normalized spacial score (nSPS) is 22.3. The van der Waals surface area contributed by atoms with Crippen molar-refractivity contribution in [3.05, 3.63) is 67.8 Å². The van der Waals surface area contributed by atoms with E-state index in [0.717, 1.165) is 62.9 Å². The molecule has 2 aromatic carbocycles. The second kappa shape index (κ2) is 7.14. The third-order valence-corrected chi connectivity index (χ3v) is 7.45. The second-order valence-electron chi connectivity index (χ2n) is 9.05. The van der Waals surface area contributed by atoms with E-state index in [-0.39, 0.29) is 30.2 Å². The maximum atomic E-state index is 13.6. The Balaban J connectivity index is 1.57. The fourth-order valence-electron chi connectivity index (χ4n) is 6.08. The number of Topliss-reactive ketones (excluding diaryl/α,β-unsaturated/α-hetero) is 2. The lowest BCUT2D eigenvalue weighted by Crippen LogP contribution is -2.28. The van der Waals surface area contributed by atoms with Crippen molar-refractivity contribution in [1.82, 2.24) is 0 Å². The van der Waals surface area contributed by atoms with Crippen LogP contribution in [0.3, 0.4) is 0 Å². The molecule has 0 fully saturated rings. The number of aryl methyl sites for hydroxylation is 2. The number of benzene rings is 2. The molecule has 4 nitrogen and oxygen atoms in total. The van der Waals surface area contributed by atoms with E-state index in [0.29, 0.717) is 25.9 Å². The summed E-state index contributed by atoms with van der Waals surface area (Å²) >= 11 is 0. The SMILES string of the molecule is Cc1cc2c(c(C)c1CCO)C(=O)[C@H]([C@H]1OCCc3c1cc1c(c3C)C(=O)CC1)C2. The summed E-state index contributed by atoms with van der Waals surface area (Å²) in [6.07, 6.45) is 3.18. The van der Waals surface area contributed by atoms with E-state index in [1.165, 1.54) is 5.56 Å². The first-order valence-electron chi connectivity index (χ1n) is 11.0. The van der Waals surface area contributed by atoms with Gasteiger partial charge in [0.2, 0.25) is 0 Å². The molecule has 1 aliphatic heterocycles. The van der Waals surface area contributed by atoms with Gasteiger partial charge in [0.1, 0.15) is 0 Å². The number of fused-ring (bicyclic) bond motifs is 3. The predicted molar refractivity (Wildman–Crippen MR) is 114 cm³/mol. The standard InChI is InChI=1S/C26H28O4/c1-13-10-17-12-21(25(29)24(17)14(2)18(13)6-8-27)26-20-11-16-4-5-22(28)23(16)15(3)19(20)7-9-30-26/h10-11,21,26-27H,4-9,12H2,1-3H3/t21-,26+/m1/s1. The van der Waals surface area contributed by atoms with Crippen LogP contribution >= 0.6 is 0 Å². The van der Waals surface area contributed by atoms with E-state index in [4.69, 9.17) is 4.74 Å². The highest BCUT2D eigenvalue weighted by molar-refractivity contribution is 6.05. The molecule has 0 saturated heterocycles. The lowest BCUT2D eigenvalue weighted by molar-refractivity contribution is 0.00680. The van der Waals surface area contributed by atoms with Crippen molar-refractivity contribution < 1.29 is 19.4 Å². The average Bonchev–Trinajstić information content (AvgIpc) is 3.25. The number of hydrogen-bond donors (Lipinski definition) is 1. The number of carbonyl (C=O) groups is 2. The number of aliphatic hydroxyl groups is 1. The monoisotopic (exact) mass is 404 g/mol. The smallest absolute Gasteiger partial charge is 0.169 e. The van der Waals surface area contributed by atoms with Gasteiger partial charge in [0.25, 0.3) is 0 Å². The molecule has 2 aromatic rings. The molecule has 0 radical (unpaired) electrons. The molecule has 0 unspecified atom stereocenters. The molecule has 0 saturated carbocycles. The topological polar surface area (TPSA) is 63.6 Å². The summed E-state index contributed by atoms with van der Waals surface area (Å²) in [7, 11) is 0. The minimum atomic E-state index is -0.255. The Morgan fingerprint density at radius 3 is 2.57 bits per heavy atom. The summed E-state index contributed by atoms with van der Waals surface area (Å²) in [5.41, 5.74) is 10.6. The van der Waals surface area contributed by atoms with Gasteiger partial charge in [0, 0.05) is 24.2 Å². The second-order valence-corrected chi connectivity index (χ2v) is 9.05. The Bertz CT molecular complexity index is 1100. The highest BCUT2D eigenvalue weighted by atomic mass is 16.5. The molecule has 1 heterocycles. The van der Waals surface area contributed by atoms with Gasteiger partial charge < -0.3 is 9.84 Å². The number of carbonyl (C=O) groups excluding carboxylic acids is 2. The van der Waals surface area contributed by atoms with Gasteiger partial charge in [0.15, 0.2) is 11.6 Å². The van der Waals surface area contributed by atoms with E-state index in [9.17, 15) is 14.7 Å². The Labute approximate surface area is 177 Å². The number of aliphatic hydroxyl groups excluding tert-OH is 1. The van der Waals surface area contributed by atoms with Gasteiger partial charge in [0.05, 0.1) is 18.6 Å². The molecular weight excluding hydrogens is 376 g/mol. The van der Waals surface area contributed by atoms with Crippen molar-refractivity contribution in [1.29, 1.82) is 0 Å². The molecule has 5 rings (SSSR count). The summed E-state index contributed by atoms with van der Waals surface area (Å²) in [6.45, 7) is 6.80. The van der Waals surface area contributed by atoms with Gasteiger partial charge in [-0.2, -0.15) is 0 Å². The largest absolute Gasteiger partial charge is 0.396 e. The van der Waals surface area contributed by atoms with E-state index < -0.39 is 0 Å². The Hall–Kier alpha value is -2.30. The maximum Gasteiger partial charge on any atom is 0.169 e. The van der Waals surface area contributed by atoms with Crippen LogP contribution in [0.5, 0.6) is 0 Å². The zero-order valence-electron chi connectivity index (χ0n) is 17.9. The Kier molecular flexibility index (Phi) is 4.68. The predicted octanol–water partition coefficient (Wildman–Crippen LogP) is 3.94. The molecule has 4 heteroatoms. The minimum absolute atomic E-state index is 0.0836. The van der Waals surface area contributed by atoms with Crippen molar-refractivity contribution in [2.45, 2.75) is 59.0 Å². The van der Waals surface area contributed by atoms with Crippen LogP contribution in [0.15, 0.2) is 12.1 Å². The van der Waals surface area contributed by atoms with E-state index in [2.05, 4.69) is 26.0 Å². The quantitative estimate of drug-likeness (QED) is 0.842. The van der Waals surface area contributed by atoms with Crippen molar-refractivity contribution >= 4 is 11.6 Å². The van der Waals surface area contributed by atoms with Gasteiger partial charge in [-0.05, 0) is 91.0 Å². The lowest BCUT2D eigenvalue weighted by atomic mass is 9.82. The number of ether oxygens (including phenoxy) is 1. The molecule has 2 atom stereocenters. The highest BCUT2D eigenvalue weighted by Gasteiger charge is 2.42. The Morgan fingerprint density at radius 2 is 1.80 bits per heavy atom. The van der Waals surface area contributed by atoms with Crippen LogP contribution in [0.25, 0.3) is 0 Å². The molecule has 1 N–H and O–H groups in total. The molecule has 0 bridgehead atoms. The van der Waals surface area contributed by atoms with Gasteiger partial charge in [-0.3, -0.25) is 9.59 Å². The zero-order chi connectivity index (χ0) is 21.2. The van der Waals surface area contributed by atoms with Crippen molar-refractivity contribution in [2.24, 2.45) is 5.92 Å². The summed E-state index contributed by atoms with van der Waals surface area (Å²) in [5.74, 6) is 0.185. The van der Waals surface area contributed by atoms with E-state index in [1.54, 1.807) is 0 Å².